The third kappa shape index (κ3) is 3.25. The number of thiophene rings is 1. The van der Waals surface area contributed by atoms with Gasteiger partial charge in [0.15, 0.2) is 0 Å². The van der Waals surface area contributed by atoms with Gasteiger partial charge >= 0.3 is 0 Å². The van der Waals surface area contributed by atoms with Gasteiger partial charge in [0, 0.05) is 11.5 Å². The molecule has 3 rings (SSSR count). The fourth-order valence-corrected chi connectivity index (χ4v) is 4.35. The maximum Gasteiger partial charge on any atom is 0.260 e. The molecule has 0 spiro atoms. The highest BCUT2D eigenvalue weighted by Crippen LogP contribution is 2.35. The van der Waals surface area contributed by atoms with E-state index in [0.29, 0.717) is 30.9 Å². The maximum atomic E-state index is 12.4. The molecule has 2 heterocycles. The molecule has 1 aliphatic rings. The van der Waals surface area contributed by atoms with Crippen molar-refractivity contribution >= 4 is 21.6 Å². The average molecular weight is 320 g/mol. The summed E-state index contributed by atoms with van der Waals surface area (Å²) in [6.45, 7) is 7.72. The maximum absolute atomic E-state index is 12.4. The van der Waals surface area contributed by atoms with Crippen LogP contribution in [-0.2, 0) is 24.2 Å². The largest absolute Gasteiger partial charge is 0.374 e. The van der Waals surface area contributed by atoms with Crippen molar-refractivity contribution in [2.24, 2.45) is 11.8 Å². The Kier molecular flexibility index (Phi) is 4.64. The first-order chi connectivity index (χ1) is 10.5. The molecule has 0 saturated heterocycles. The van der Waals surface area contributed by atoms with Crippen LogP contribution in [0.5, 0.6) is 0 Å². The first-order valence-corrected chi connectivity index (χ1v) is 8.97. The van der Waals surface area contributed by atoms with E-state index < -0.39 is 0 Å². The van der Waals surface area contributed by atoms with E-state index in [0.717, 1.165) is 29.5 Å². The lowest BCUT2D eigenvalue weighted by Crippen LogP contribution is -2.15. The summed E-state index contributed by atoms with van der Waals surface area (Å²) in [5.41, 5.74) is 1.23. The van der Waals surface area contributed by atoms with Crippen LogP contribution < -0.4 is 5.56 Å². The molecule has 1 N–H and O–H groups in total. The van der Waals surface area contributed by atoms with Crippen molar-refractivity contribution < 1.29 is 4.74 Å². The lowest BCUT2D eigenvalue weighted by Gasteiger charge is -2.17. The number of H-pyrrole nitrogens is 1. The van der Waals surface area contributed by atoms with Gasteiger partial charge < -0.3 is 9.72 Å². The Balaban J connectivity index is 1.82. The van der Waals surface area contributed by atoms with Gasteiger partial charge in [-0.3, -0.25) is 4.79 Å². The summed E-state index contributed by atoms with van der Waals surface area (Å²) in [5.74, 6) is 1.98. The van der Waals surface area contributed by atoms with Crippen LogP contribution in [0.4, 0.5) is 0 Å². The Hall–Kier alpha value is -1.20. The molecule has 0 aromatic carbocycles. The van der Waals surface area contributed by atoms with E-state index in [1.165, 1.54) is 16.9 Å². The molecule has 5 heteroatoms. The highest BCUT2D eigenvalue weighted by Gasteiger charge is 2.22. The number of fused-ring (bicyclic) bond motifs is 3. The standard InChI is InChI=1S/C17H24N2O2S/c1-10(2)6-7-21-9-14-18-16(20)15-12-5-4-11(3)8-13(12)22-17(15)19-14/h10-11H,4-9H2,1-3H3,(H,18,19,20)/t11-/m0/s1. The summed E-state index contributed by atoms with van der Waals surface area (Å²) >= 11 is 1.69. The molecule has 0 radical (unpaired) electrons. The van der Waals surface area contributed by atoms with Crippen molar-refractivity contribution in [2.75, 3.05) is 6.61 Å². The highest BCUT2D eigenvalue weighted by atomic mass is 32.1. The van der Waals surface area contributed by atoms with Crippen molar-refractivity contribution in [3.63, 3.8) is 0 Å². The van der Waals surface area contributed by atoms with Gasteiger partial charge in [0.2, 0.25) is 0 Å². The molecule has 2 aromatic heterocycles. The van der Waals surface area contributed by atoms with Crippen LogP contribution >= 0.6 is 11.3 Å². The van der Waals surface area contributed by atoms with Gasteiger partial charge in [-0.1, -0.05) is 20.8 Å². The fraction of sp³-hybridized carbons (Fsp3) is 0.647. The number of aryl methyl sites for hydroxylation is 1. The number of aromatic nitrogens is 2. The second kappa shape index (κ2) is 6.50. The molecule has 120 valence electrons. The number of nitrogens with one attached hydrogen (secondary N) is 1. The predicted octanol–water partition coefficient (Wildman–Crippen LogP) is 3.67. The van der Waals surface area contributed by atoms with E-state index >= 15 is 0 Å². The third-order valence-electron chi connectivity index (χ3n) is 4.29. The molecule has 4 nitrogen and oxygen atoms in total. The second-order valence-electron chi connectivity index (χ2n) is 6.78. The van der Waals surface area contributed by atoms with Crippen molar-refractivity contribution in [3.05, 3.63) is 26.6 Å². The van der Waals surface area contributed by atoms with E-state index in [1.54, 1.807) is 11.3 Å². The second-order valence-corrected chi connectivity index (χ2v) is 7.86. The minimum Gasteiger partial charge on any atom is -0.374 e. The first kappa shape index (κ1) is 15.7. The smallest absolute Gasteiger partial charge is 0.260 e. The lowest BCUT2D eigenvalue weighted by atomic mass is 9.89. The molecule has 0 amide bonds. The number of nitrogens with zero attached hydrogens (tertiary/aromatic N) is 1. The zero-order valence-electron chi connectivity index (χ0n) is 13.6. The lowest BCUT2D eigenvalue weighted by molar-refractivity contribution is 0.105. The molecule has 22 heavy (non-hydrogen) atoms. The fourth-order valence-electron chi connectivity index (χ4n) is 2.95. The molecule has 0 fully saturated rings. The Labute approximate surface area is 134 Å². The highest BCUT2D eigenvalue weighted by molar-refractivity contribution is 7.18. The molecule has 0 saturated carbocycles. The number of hydrogen-bond donors (Lipinski definition) is 1. The van der Waals surface area contributed by atoms with Gasteiger partial charge in [0.05, 0.1) is 5.39 Å². The first-order valence-electron chi connectivity index (χ1n) is 8.15. The summed E-state index contributed by atoms with van der Waals surface area (Å²) in [6.07, 6.45) is 4.28. The van der Waals surface area contributed by atoms with Gasteiger partial charge in [-0.25, -0.2) is 4.98 Å². The SMILES string of the molecule is CC(C)CCOCc1nc2sc3c(c2c(=O)[nH]1)CC[C@H](C)C3. The predicted molar refractivity (Wildman–Crippen MR) is 90.5 cm³/mol. The van der Waals surface area contributed by atoms with Crippen LogP contribution in [0.25, 0.3) is 10.2 Å². The van der Waals surface area contributed by atoms with Gasteiger partial charge in [-0.15, -0.1) is 11.3 Å². The van der Waals surface area contributed by atoms with E-state index in [4.69, 9.17) is 4.74 Å². The Morgan fingerprint density at radius 2 is 2.27 bits per heavy atom. The summed E-state index contributed by atoms with van der Waals surface area (Å²) in [5, 5.41) is 0.817. The van der Waals surface area contributed by atoms with Crippen molar-refractivity contribution in [1.29, 1.82) is 0 Å². The van der Waals surface area contributed by atoms with Crippen molar-refractivity contribution in [2.45, 2.75) is 53.1 Å². The number of hydrogen-bond acceptors (Lipinski definition) is 4. The number of rotatable bonds is 5. The van der Waals surface area contributed by atoms with Gasteiger partial charge in [-0.05, 0) is 43.1 Å². The minimum atomic E-state index is -0.000451. The quantitative estimate of drug-likeness (QED) is 0.855. The summed E-state index contributed by atoms with van der Waals surface area (Å²) in [6, 6.07) is 0. The van der Waals surface area contributed by atoms with E-state index in [-0.39, 0.29) is 5.56 Å². The van der Waals surface area contributed by atoms with Crippen LogP contribution in [0.15, 0.2) is 4.79 Å². The summed E-state index contributed by atoms with van der Waals surface area (Å²) in [4.78, 5) is 22.2. The third-order valence-corrected chi connectivity index (χ3v) is 5.44. The Bertz CT molecular complexity index is 717. The van der Waals surface area contributed by atoms with E-state index in [2.05, 4.69) is 30.7 Å². The Morgan fingerprint density at radius 1 is 1.45 bits per heavy atom. The molecule has 1 atom stereocenters. The molecule has 2 aromatic rings. The van der Waals surface area contributed by atoms with Crippen LogP contribution in [0.1, 0.15) is 49.9 Å². The van der Waals surface area contributed by atoms with Gasteiger partial charge in [-0.2, -0.15) is 0 Å². The molecule has 0 unspecified atom stereocenters. The normalized spacial score (nSPS) is 18.1. The topological polar surface area (TPSA) is 55.0 Å². The Morgan fingerprint density at radius 3 is 3.05 bits per heavy atom. The van der Waals surface area contributed by atoms with Crippen LogP contribution in [0.2, 0.25) is 0 Å². The van der Waals surface area contributed by atoms with Crippen molar-refractivity contribution in [1.82, 2.24) is 9.97 Å². The summed E-state index contributed by atoms with van der Waals surface area (Å²) in [7, 11) is 0. The minimum absolute atomic E-state index is 0.000451. The molecule has 1 aliphatic carbocycles. The molecule has 0 aliphatic heterocycles. The molecular formula is C17H24N2O2S. The number of ether oxygens (including phenoxy) is 1. The zero-order valence-corrected chi connectivity index (χ0v) is 14.4. The summed E-state index contributed by atoms with van der Waals surface area (Å²) < 4.78 is 5.63. The zero-order chi connectivity index (χ0) is 15.7. The van der Waals surface area contributed by atoms with Crippen LogP contribution in [0, 0.1) is 11.8 Å². The monoisotopic (exact) mass is 320 g/mol. The molecule has 0 bridgehead atoms. The number of aromatic amines is 1. The van der Waals surface area contributed by atoms with E-state index in [1.807, 2.05) is 0 Å². The average Bonchev–Trinajstić information content (AvgIpc) is 2.81. The molecular weight excluding hydrogens is 296 g/mol. The van der Waals surface area contributed by atoms with E-state index in [9.17, 15) is 4.79 Å². The van der Waals surface area contributed by atoms with Crippen LogP contribution in [-0.4, -0.2) is 16.6 Å². The van der Waals surface area contributed by atoms with Gasteiger partial charge in [0.25, 0.3) is 5.56 Å². The van der Waals surface area contributed by atoms with Crippen LogP contribution in [0.3, 0.4) is 0 Å². The van der Waals surface area contributed by atoms with Crippen molar-refractivity contribution in [3.8, 4) is 0 Å². The van der Waals surface area contributed by atoms with Gasteiger partial charge in [0.1, 0.15) is 17.3 Å².